The minimum absolute atomic E-state index is 0.0389. The number of benzene rings is 1. The number of nitrogens with one attached hydrogen (secondary N) is 1. The number of piperidine rings is 1. The summed E-state index contributed by atoms with van der Waals surface area (Å²) in [6.45, 7) is 2.43. The first-order valence-corrected chi connectivity index (χ1v) is 10.9. The van der Waals surface area contributed by atoms with E-state index in [-0.39, 0.29) is 11.8 Å². The molecule has 0 atom stereocenters. The van der Waals surface area contributed by atoms with E-state index >= 15 is 0 Å². The van der Waals surface area contributed by atoms with Gasteiger partial charge in [0.15, 0.2) is 11.5 Å². The number of fused-ring (bicyclic) bond motifs is 1. The van der Waals surface area contributed by atoms with Gasteiger partial charge in [-0.2, -0.15) is 5.10 Å². The van der Waals surface area contributed by atoms with Crippen molar-refractivity contribution in [1.82, 2.24) is 20.0 Å². The van der Waals surface area contributed by atoms with Crippen molar-refractivity contribution in [3.63, 3.8) is 0 Å². The molecule has 3 aromatic rings. The molecule has 0 saturated carbocycles. The predicted octanol–water partition coefficient (Wildman–Crippen LogP) is 3.30. The van der Waals surface area contributed by atoms with Gasteiger partial charge in [-0.15, -0.1) is 0 Å². The largest absolute Gasteiger partial charge is 0.459 e. The van der Waals surface area contributed by atoms with Crippen molar-refractivity contribution in [2.45, 2.75) is 32.2 Å². The van der Waals surface area contributed by atoms with E-state index < -0.39 is 0 Å². The number of hydrogen-bond donors (Lipinski definition) is 1. The predicted molar refractivity (Wildman–Crippen MR) is 115 cm³/mol. The third kappa shape index (κ3) is 4.00. The second kappa shape index (κ2) is 8.41. The van der Waals surface area contributed by atoms with Gasteiger partial charge < -0.3 is 14.2 Å². The summed E-state index contributed by atoms with van der Waals surface area (Å²) in [5.74, 6) is 0.723. The van der Waals surface area contributed by atoms with Gasteiger partial charge in [-0.1, -0.05) is 30.3 Å². The number of aromatic nitrogens is 2. The standard InChI is InChI=1S/C24H26N4O3/c29-23(21-7-4-14-31-21)28-13-10-20-19(16-28)22(26-25-20)24(30)27-11-8-18(9-12-27)15-17-5-2-1-3-6-17/h1-7,14,18H,8-13,15-16H2,(H,25,26). The van der Waals surface area contributed by atoms with Crippen LogP contribution in [0.25, 0.3) is 0 Å². The van der Waals surface area contributed by atoms with Gasteiger partial charge in [-0.3, -0.25) is 14.7 Å². The third-order valence-electron chi connectivity index (χ3n) is 6.42. The lowest BCUT2D eigenvalue weighted by atomic mass is 9.90. The number of rotatable bonds is 4. The van der Waals surface area contributed by atoms with E-state index in [1.165, 1.54) is 11.8 Å². The average molecular weight is 418 g/mol. The van der Waals surface area contributed by atoms with E-state index in [0.717, 1.165) is 43.6 Å². The highest BCUT2D eigenvalue weighted by Crippen LogP contribution is 2.26. The number of nitrogens with zero attached hydrogens (tertiary/aromatic N) is 3. The zero-order chi connectivity index (χ0) is 21.2. The fraction of sp³-hybridized carbons (Fsp3) is 0.375. The van der Waals surface area contributed by atoms with E-state index in [1.807, 2.05) is 11.0 Å². The van der Waals surface area contributed by atoms with Crippen LogP contribution in [0.4, 0.5) is 0 Å². The molecule has 2 aliphatic rings. The van der Waals surface area contributed by atoms with Crippen molar-refractivity contribution in [2.24, 2.45) is 5.92 Å². The highest BCUT2D eigenvalue weighted by Gasteiger charge is 2.32. The summed E-state index contributed by atoms with van der Waals surface area (Å²) in [5.41, 5.74) is 3.59. The summed E-state index contributed by atoms with van der Waals surface area (Å²) in [6, 6.07) is 13.9. The molecule has 160 valence electrons. The lowest BCUT2D eigenvalue weighted by molar-refractivity contribution is 0.0663. The molecule has 0 unspecified atom stereocenters. The van der Waals surface area contributed by atoms with Crippen LogP contribution in [-0.2, 0) is 19.4 Å². The Bertz CT molecular complexity index is 1050. The summed E-state index contributed by atoms with van der Waals surface area (Å²) >= 11 is 0. The van der Waals surface area contributed by atoms with Gasteiger partial charge in [0.25, 0.3) is 11.8 Å². The van der Waals surface area contributed by atoms with Crippen LogP contribution < -0.4 is 0 Å². The molecule has 0 aliphatic carbocycles. The topological polar surface area (TPSA) is 82.4 Å². The van der Waals surface area contributed by atoms with Crippen LogP contribution in [0.2, 0.25) is 0 Å². The minimum atomic E-state index is -0.156. The van der Waals surface area contributed by atoms with Crippen molar-refractivity contribution in [2.75, 3.05) is 19.6 Å². The maximum Gasteiger partial charge on any atom is 0.289 e. The molecule has 2 aliphatic heterocycles. The van der Waals surface area contributed by atoms with Gasteiger partial charge in [0.05, 0.1) is 12.8 Å². The van der Waals surface area contributed by atoms with Crippen LogP contribution >= 0.6 is 0 Å². The molecule has 7 heteroatoms. The molecule has 1 N–H and O–H groups in total. The Morgan fingerprint density at radius 1 is 1.00 bits per heavy atom. The van der Waals surface area contributed by atoms with Crippen molar-refractivity contribution in [1.29, 1.82) is 0 Å². The molecule has 1 saturated heterocycles. The molecule has 2 amide bonds. The van der Waals surface area contributed by atoms with E-state index in [2.05, 4.69) is 34.5 Å². The average Bonchev–Trinajstić information content (AvgIpc) is 3.49. The summed E-state index contributed by atoms with van der Waals surface area (Å²) in [6.07, 6.45) is 5.20. The van der Waals surface area contributed by atoms with E-state index in [0.29, 0.717) is 36.9 Å². The Morgan fingerprint density at radius 2 is 1.81 bits per heavy atom. The van der Waals surface area contributed by atoms with Crippen LogP contribution in [-0.4, -0.2) is 51.4 Å². The molecule has 2 aromatic heterocycles. The van der Waals surface area contributed by atoms with E-state index in [4.69, 9.17) is 4.42 Å². The lowest BCUT2D eigenvalue weighted by Gasteiger charge is -2.32. The molecule has 5 rings (SSSR count). The van der Waals surface area contributed by atoms with Crippen molar-refractivity contribution in [3.05, 3.63) is 77.0 Å². The molecule has 0 bridgehead atoms. The molecule has 31 heavy (non-hydrogen) atoms. The SMILES string of the molecule is O=C(c1ccco1)N1CCc2[nH]nc(C(=O)N3CCC(Cc4ccccc4)CC3)c2C1. The maximum atomic E-state index is 13.2. The summed E-state index contributed by atoms with van der Waals surface area (Å²) in [4.78, 5) is 29.5. The second-order valence-corrected chi connectivity index (χ2v) is 8.41. The molecule has 7 nitrogen and oxygen atoms in total. The fourth-order valence-corrected chi connectivity index (χ4v) is 4.64. The summed E-state index contributed by atoms with van der Waals surface area (Å²) < 4.78 is 5.25. The van der Waals surface area contributed by atoms with Gasteiger partial charge in [0.2, 0.25) is 0 Å². The number of furan rings is 1. The highest BCUT2D eigenvalue weighted by atomic mass is 16.3. The zero-order valence-electron chi connectivity index (χ0n) is 17.4. The lowest BCUT2D eigenvalue weighted by Crippen LogP contribution is -2.40. The summed E-state index contributed by atoms with van der Waals surface area (Å²) in [5, 5.41) is 7.36. The van der Waals surface area contributed by atoms with Crippen molar-refractivity contribution < 1.29 is 14.0 Å². The van der Waals surface area contributed by atoms with Gasteiger partial charge in [0.1, 0.15) is 0 Å². The van der Waals surface area contributed by atoms with Crippen LogP contribution in [0.1, 0.15) is 50.7 Å². The Balaban J connectivity index is 1.23. The third-order valence-corrected chi connectivity index (χ3v) is 6.42. The smallest absolute Gasteiger partial charge is 0.289 e. The molecule has 1 fully saturated rings. The fourth-order valence-electron chi connectivity index (χ4n) is 4.64. The number of carbonyl (C=O) groups is 2. The number of aromatic amines is 1. The van der Waals surface area contributed by atoms with Crippen LogP contribution in [0.15, 0.2) is 53.1 Å². The number of H-pyrrole nitrogens is 1. The molecular formula is C24H26N4O3. The van der Waals surface area contributed by atoms with Crippen LogP contribution in [0, 0.1) is 5.92 Å². The molecule has 0 radical (unpaired) electrons. The summed E-state index contributed by atoms with van der Waals surface area (Å²) in [7, 11) is 0. The zero-order valence-corrected chi connectivity index (χ0v) is 17.4. The highest BCUT2D eigenvalue weighted by molar-refractivity contribution is 5.95. The first kappa shape index (κ1) is 19.6. The molecule has 0 spiro atoms. The van der Waals surface area contributed by atoms with Gasteiger partial charge in [-0.25, -0.2) is 0 Å². The Labute approximate surface area is 181 Å². The normalized spacial score (nSPS) is 16.9. The van der Waals surface area contributed by atoms with Crippen LogP contribution in [0.5, 0.6) is 0 Å². The Morgan fingerprint density at radius 3 is 2.55 bits per heavy atom. The maximum absolute atomic E-state index is 13.2. The van der Waals surface area contributed by atoms with Gasteiger partial charge >= 0.3 is 0 Å². The number of likely N-dealkylation sites (tertiary alicyclic amines) is 1. The minimum Gasteiger partial charge on any atom is -0.459 e. The number of hydrogen-bond acceptors (Lipinski definition) is 4. The first-order valence-electron chi connectivity index (χ1n) is 10.9. The quantitative estimate of drug-likeness (QED) is 0.705. The van der Waals surface area contributed by atoms with Crippen molar-refractivity contribution in [3.8, 4) is 0 Å². The van der Waals surface area contributed by atoms with E-state index in [1.54, 1.807) is 17.0 Å². The van der Waals surface area contributed by atoms with Crippen LogP contribution in [0.3, 0.4) is 0 Å². The monoisotopic (exact) mass is 418 g/mol. The second-order valence-electron chi connectivity index (χ2n) is 8.41. The molecule has 1 aromatic carbocycles. The van der Waals surface area contributed by atoms with Crippen molar-refractivity contribution >= 4 is 11.8 Å². The first-order chi connectivity index (χ1) is 15.2. The van der Waals surface area contributed by atoms with Gasteiger partial charge in [-0.05, 0) is 42.9 Å². The van der Waals surface area contributed by atoms with E-state index in [9.17, 15) is 9.59 Å². The molecule has 4 heterocycles. The van der Waals surface area contributed by atoms with Gasteiger partial charge in [0, 0.05) is 37.3 Å². The Kier molecular flexibility index (Phi) is 5.32. The Hall–Kier alpha value is -3.35. The number of amides is 2. The number of carbonyl (C=O) groups excluding carboxylic acids is 2. The molecular weight excluding hydrogens is 392 g/mol.